The second-order valence-electron chi connectivity index (χ2n) is 7.87. The molecule has 0 radical (unpaired) electrons. The van der Waals surface area contributed by atoms with Crippen molar-refractivity contribution >= 4 is 5.97 Å². The summed E-state index contributed by atoms with van der Waals surface area (Å²) in [5, 5.41) is 0. The van der Waals surface area contributed by atoms with Gasteiger partial charge in [0.1, 0.15) is 0 Å². The summed E-state index contributed by atoms with van der Waals surface area (Å²) < 4.78 is 10.1. The van der Waals surface area contributed by atoms with Gasteiger partial charge in [0, 0.05) is 6.42 Å². The van der Waals surface area contributed by atoms with Gasteiger partial charge in [0.2, 0.25) is 0 Å². The van der Waals surface area contributed by atoms with Crippen LogP contribution in [0.2, 0.25) is 0 Å². The van der Waals surface area contributed by atoms with Gasteiger partial charge in [-0.15, -0.1) is 0 Å². The van der Waals surface area contributed by atoms with Crippen LogP contribution >= 0.6 is 0 Å². The molecule has 0 saturated carbocycles. The minimum atomic E-state index is -0.322. The molecule has 0 atom stereocenters. The van der Waals surface area contributed by atoms with Gasteiger partial charge in [-0.2, -0.15) is 0 Å². The highest BCUT2D eigenvalue weighted by Crippen LogP contribution is 2.16. The Hall–Kier alpha value is -1.51. The number of hydrogen-bond donors (Lipinski definition) is 0. The molecule has 3 nitrogen and oxygen atoms in total. The lowest BCUT2D eigenvalue weighted by molar-refractivity contribution is -0.137. The Bertz CT molecular complexity index is 426. The Balaban J connectivity index is 3.46. The van der Waals surface area contributed by atoms with E-state index in [1.165, 1.54) is 103 Å². The first-order valence-corrected chi connectivity index (χ1v) is 12.0. The highest BCUT2D eigenvalue weighted by molar-refractivity contribution is 5.71. The Labute approximate surface area is 180 Å². The predicted octanol–water partition coefficient (Wildman–Crippen LogP) is 8.76. The Kier molecular flexibility index (Phi) is 21.6. The fourth-order valence-electron chi connectivity index (χ4n) is 3.50. The van der Waals surface area contributed by atoms with Crippen LogP contribution in [0, 0.1) is 0 Å². The molecule has 0 unspecified atom stereocenters. The molecule has 0 aliphatic heterocycles. The first-order valence-electron chi connectivity index (χ1n) is 12.0. The van der Waals surface area contributed by atoms with Crippen LogP contribution in [-0.4, -0.2) is 5.97 Å². The Morgan fingerprint density at radius 1 is 0.655 bits per heavy atom. The molecule has 0 amide bonds. The first kappa shape index (κ1) is 27.5. The molecule has 0 aliphatic rings. The normalized spacial score (nSPS) is 11.3. The van der Waals surface area contributed by atoms with Gasteiger partial charge in [0.25, 0.3) is 0 Å². The number of rotatable bonds is 22. The van der Waals surface area contributed by atoms with Crippen LogP contribution < -0.4 is 0 Å². The number of hydrogen-bond acceptors (Lipinski definition) is 3. The van der Waals surface area contributed by atoms with E-state index in [4.69, 9.17) is 9.47 Å². The first-order chi connectivity index (χ1) is 14.2. The van der Waals surface area contributed by atoms with E-state index in [1.807, 2.05) is 0 Å². The third-order valence-electron chi connectivity index (χ3n) is 5.22. The fourth-order valence-corrected chi connectivity index (χ4v) is 3.50. The van der Waals surface area contributed by atoms with Crippen LogP contribution in [0.25, 0.3) is 0 Å². The maximum Gasteiger partial charge on any atom is 0.314 e. The molecule has 0 aliphatic carbocycles. The van der Waals surface area contributed by atoms with Crippen molar-refractivity contribution in [2.45, 2.75) is 122 Å². The largest absolute Gasteiger partial charge is 0.470 e. The summed E-state index contributed by atoms with van der Waals surface area (Å²) >= 11 is 0. The SMILES string of the molecule is C=COC(=O)C/C=C(\CCCCCCCCCCCCCCCCCC)OC=C. The van der Waals surface area contributed by atoms with Gasteiger partial charge in [-0.25, -0.2) is 0 Å². The highest BCUT2D eigenvalue weighted by atomic mass is 16.5. The van der Waals surface area contributed by atoms with Crippen molar-refractivity contribution in [3.8, 4) is 0 Å². The smallest absolute Gasteiger partial charge is 0.314 e. The second kappa shape index (κ2) is 22.8. The van der Waals surface area contributed by atoms with Crippen molar-refractivity contribution in [1.29, 1.82) is 0 Å². The maximum atomic E-state index is 11.4. The molecule has 0 heterocycles. The van der Waals surface area contributed by atoms with Gasteiger partial charge in [0.15, 0.2) is 0 Å². The molecule has 0 saturated heterocycles. The zero-order chi connectivity index (χ0) is 21.4. The van der Waals surface area contributed by atoms with E-state index in [1.54, 1.807) is 6.08 Å². The van der Waals surface area contributed by atoms with Crippen LogP contribution in [0.3, 0.4) is 0 Å². The summed E-state index contributed by atoms with van der Waals surface area (Å²) in [5.74, 6) is 0.475. The monoisotopic (exact) mass is 406 g/mol. The minimum Gasteiger partial charge on any atom is -0.470 e. The lowest BCUT2D eigenvalue weighted by Gasteiger charge is -2.07. The summed E-state index contributed by atoms with van der Waals surface area (Å²) in [7, 11) is 0. The number of ether oxygens (including phenoxy) is 2. The molecule has 3 heteroatoms. The topological polar surface area (TPSA) is 35.5 Å². The van der Waals surface area contributed by atoms with Gasteiger partial charge in [0.05, 0.1) is 24.7 Å². The fraction of sp³-hybridized carbons (Fsp3) is 0.731. The summed E-state index contributed by atoms with van der Waals surface area (Å²) in [6.45, 7) is 9.25. The number of unbranched alkanes of at least 4 members (excludes halogenated alkanes) is 15. The third kappa shape index (κ3) is 21.0. The van der Waals surface area contributed by atoms with Crippen LogP contribution in [-0.2, 0) is 14.3 Å². The minimum absolute atomic E-state index is 0.202. The molecule has 168 valence electrons. The van der Waals surface area contributed by atoms with E-state index in [-0.39, 0.29) is 12.4 Å². The lowest BCUT2D eigenvalue weighted by Crippen LogP contribution is -1.98. The number of carbonyl (C=O) groups is 1. The van der Waals surface area contributed by atoms with Gasteiger partial charge in [-0.3, -0.25) is 4.79 Å². The molecule has 0 aromatic heterocycles. The van der Waals surface area contributed by atoms with Gasteiger partial charge < -0.3 is 9.47 Å². The van der Waals surface area contributed by atoms with Crippen LogP contribution in [0.5, 0.6) is 0 Å². The number of allylic oxidation sites excluding steroid dienone is 1. The van der Waals surface area contributed by atoms with Crippen LogP contribution in [0.15, 0.2) is 37.5 Å². The zero-order valence-corrected chi connectivity index (χ0v) is 19.1. The molecule has 0 bridgehead atoms. The molecular weight excluding hydrogens is 360 g/mol. The second-order valence-corrected chi connectivity index (χ2v) is 7.87. The molecule has 0 N–H and O–H groups in total. The Morgan fingerprint density at radius 2 is 1.07 bits per heavy atom. The molecule has 0 aromatic rings. The van der Waals surface area contributed by atoms with Crippen molar-refractivity contribution < 1.29 is 14.3 Å². The standard InChI is InChI=1S/C26H46O3/c1-4-7-8-9-10-11-12-13-14-15-16-17-18-19-20-21-22-25(28-5-2)23-24-26(27)29-6-3/h5-6,23H,2-4,7-22,24H2,1H3/b25-23+. The summed E-state index contributed by atoms with van der Waals surface area (Å²) in [6.07, 6.45) is 27.2. The lowest BCUT2D eigenvalue weighted by atomic mass is 10.0. The predicted molar refractivity (Wildman–Crippen MR) is 124 cm³/mol. The summed E-state index contributed by atoms with van der Waals surface area (Å²) in [5.41, 5.74) is 0. The average molecular weight is 407 g/mol. The maximum absolute atomic E-state index is 11.4. The van der Waals surface area contributed by atoms with E-state index in [2.05, 4.69) is 20.1 Å². The molecule has 0 aromatic carbocycles. The average Bonchev–Trinajstić information content (AvgIpc) is 2.71. The van der Waals surface area contributed by atoms with Crippen LogP contribution in [0.4, 0.5) is 0 Å². The van der Waals surface area contributed by atoms with Gasteiger partial charge >= 0.3 is 5.97 Å². The van der Waals surface area contributed by atoms with Crippen molar-refractivity contribution in [3.63, 3.8) is 0 Å². The number of carbonyl (C=O) groups excluding carboxylic acids is 1. The van der Waals surface area contributed by atoms with Crippen molar-refractivity contribution in [2.75, 3.05) is 0 Å². The third-order valence-corrected chi connectivity index (χ3v) is 5.22. The number of esters is 1. The quantitative estimate of drug-likeness (QED) is 0.102. The Morgan fingerprint density at radius 3 is 1.48 bits per heavy atom. The van der Waals surface area contributed by atoms with Crippen molar-refractivity contribution in [1.82, 2.24) is 0 Å². The van der Waals surface area contributed by atoms with Gasteiger partial charge in [-0.1, -0.05) is 116 Å². The zero-order valence-electron chi connectivity index (χ0n) is 19.1. The highest BCUT2D eigenvalue weighted by Gasteiger charge is 2.02. The van der Waals surface area contributed by atoms with Gasteiger partial charge in [-0.05, 0) is 12.5 Å². The van der Waals surface area contributed by atoms with E-state index < -0.39 is 0 Å². The molecular formula is C26H46O3. The van der Waals surface area contributed by atoms with E-state index in [0.29, 0.717) is 0 Å². The molecule has 0 spiro atoms. The molecule has 29 heavy (non-hydrogen) atoms. The van der Waals surface area contributed by atoms with Crippen molar-refractivity contribution in [3.05, 3.63) is 37.5 Å². The summed E-state index contributed by atoms with van der Waals surface area (Å²) in [4.78, 5) is 11.4. The van der Waals surface area contributed by atoms with Crippen molar-refractivity contribution in [2.24, 2.45) is 0 Å². The molecule has 0 rings (SSSR count). The van der Waals surface area contributed by atoms with E-state index in [9.17, 15) is 4.79 Å². The summed E-state index contributed by atoms with van der Waals surface area (Å²) in [6, 6.07) is 0. The van der Waals surface area contributed by atoms with E-state index in [0.717, 1.165) is 24.9 Å². The van der Waals surface area contributed by atoms with E-state index >= 15 is 0 Å². The van der Waals surface area contributed by atoms with Crippen LogP contribution in [0.1, 0.15) is 122 Å². The molecule has 0 fully saturated rings.